The van der Waals surface area contributed by atoms with E-state index in [1.54, 1.807) is 31.2 Å². The van der Waals surface area contributed by atoms with Crippen LogP contribution in [0.4, 0.5) is 0 Å². The summed E-state index contributed by atoms with van der Waals surface area (Å²) in [5, 5.41) is 17.6. The van der Waals surface area contributed by atoms with Gasteiger partial charge in [0.05, 0.1) is 22.8 Å². The van der Waals surface area contributed by atoms with Crippen molar-refractivity contribution < 1.29 is 19.4 Å². The molecule has 9 heteroatoms. The van der Waals surface area contributed by atoms with Gasteiger partial charge < -0.3 is 14.7 Å². The molecule has 0 saturated carbocycles. The highest BCUT2D eigenvalue weighted by Crippen LogP contribution is 2.19. The Morgan fingerprint density at radius 2 is 2.11 bits per heavy atom. The zero-order valence-corrected chi connectivity index (χ0v) is 16.1. The number of nitrogens with zero attached hydrogens (tertiary/aromatic N) is 4. The number of halogens is 1. The zero-order valence-electron chi connectivity index (χ0n) is 15.3. The van der Waals surface area contributed by atoms with Gasteiger partial charge in [-0.15, -0.1) is 5.10 Å². The summed E-state index contributed by atoms with van der Waals surface area (Å²) in [6.45, 7) is 4.99. The molecule has 1 N–H and O–H groups in total. The largest absolute Gasteiger partial charge is 0.481 e. The van der Waals surface area contributed by atoms with Gasteiger partial charge in [0.2, 0.25) is 0 Å². The maximum atomic E-state index is 12.8. The van der Waals surface area contributed by atoms with E-state index in [0.29, 0.717) is 36.9 Å². The van der Waals surface area contributed by atoms with Gasteiger partial charge in [0.15, 0.2) is 5.69 Å². The van der Waals surface area contributed by atoms with E-state index in [2.05, 4.69) is 10.3 Å². The molecule has 0 aliphatic rings. The van der Waals surface area contributed by atoms with Gasteiger partial charge in [0.1, 0.15) is 0 Å². The van der Waals surface area contributed by atoms with Crippen LogP contribution < -0.4 is 0 Å². The molecule has 0 radical (unpaired) electrons. The molecule has 1 amide bonds. The second kappa shape index (κ2) is 10.0. The van der Waals surface area contributed by atoms with Gasteiger partial charge in [0.25, 0.3) is 5.91 Å². The molecule has 0 spiro atoms. The van der Waals surface area contributed by atoms with Crippen LogP contribution in [0.15, 0.2) is 30.5 Å². The van der Waals surface area contributed by atoms with Crippen molar-refractivity contribution in [1.29, 1.82) is 0 Å². The molecule has 2 rings (SSSR count). The molecular formula is C18H23ClN4O4. The first kappa shape index (κ1) is 20.9. The fourth-order valence-electron chi connectivity index (χ4n) is 2.47. The van der Waals surface area contributed by atoms with E-state index in [4.69, 9.17) is 21.4 Å². The lowest BCUT2D eigenvalue weighted by Gasteiger charge is -2.23. The van der Waals surface area contributed by atoms with Crippen LogP contribution >= 0.6 is 11.6 Å². The topological polar surface area (TPSA) is 97.6 Å². The van der Waals surface area contributed by atoms with Gasteiger partial charge >= 0.3 is 5.97 Å². The minimum absolute atomic E-state index is 0.0826. The van der Waals surface area contributed by atoms with Crippen molar-refractivity contribution in [2.45, 2.75) is 20.3 Å². The lowest BCUT2D eigenvalue weighted by molar-refractivity contribution is -0.141. The Bertz CT molecular complexity index is 780. The van der Waals surface area contributed by atoms with Crippen LogP contribution in [-0.4, -0.2) is 63.2 Å². The van der Waals surface area contributed by atoms with Gasteiger partial charge in [-0.1, -0.05) is 35.9 Å². The van der Waals surface area contributed by atoms with E-state index in [1.807, 2.05) is 6.92 Å². The number of carbonyl (C=O) groups excluding carboxylic acids is 1. The average molecular weight is 395 g/mol. The number of rotatable bonds is 10. The predicted molar refractivity (Wildman–Crippen MR) is 100 cm³/mol. The number of hydrogen-bond acceptors (Lipinski definition) is 5. The van der Waals surface area contributed by atoms with E-state index in [-0.39, 0.29) is 18.1 Å². The Hall–Kier alpha value is -2.45. The Balaban J connectivity index is 2.16. The number of carboxylic acids is 1. The van der Waals surface area contributed by atoms with Gasteiger partial charge in [-0.05, 0) is 25.5 Å². The van der Waals surface area contributed by atoms with Crippen molar-refractivity contribution in [1.82, 2.24) is 19.9 Å². The quantitative estimate of drug-likeness (QED) is 0.622. The van der Waals surface area contributed by atoms with E-state index < -0.39 is 11.9 Å². The second-order valence-corrected chi connectivity index (χ2v) is 6.45. The fraction of sp³-hybridized carbons (Fsp3) is 0.444. The summed E-state index contributed by atoms with van der Waals surface area (Å²) in [6.07, 6.45) is 2.09. The maximum Gasteiger partial charge on any atom is 0.308 e. The molecular weight excluding hydrogens is 372 g/mol. The minimum atomic E-state index is -0.961. The van der Waals surface area contributed by atoms with Gasteiger partial charge in [0, 0.05) is 26.3 Å². The van der Waals surface area contributed by atoms with Crippen LogP contribution in [0, 0.1) is 5.92 Å². The Morgan fingerprint density at radius 3 is 2.78 bits per heavy atom. The molecule has 1 unspecified atom stereocenters. The summed E-state index contributed by atoms with van der Waals surface area (Å²) in [5.41, 5.74) is 0.733. The Labute approximate surface area is 162 Å². The molecule has 1 aromatic heterocycles. The highest BCUT2D eigenvalue weighted by Gasteiger charge is 2.24. The average Bonchev–Trinajstić information content (AvgIpc) is 3.13. The standard InChI is InChI=1S/C18H23ClN4O4/c1-3-27-10-6-9-22(11-13(2)18(25)26)17(24)15-12-23(21-20-15)16-8-5-4-7-14(16)19/h4-5,7-8,12-13H,3,6,9-11H2,1-2H3,(H,25,26). The van der Waals surface area contributed by atoms with Crippen molar-refractivity contribution in [2.24, 2.45) is 5.92 Å². The molecule has 0 saturated heterocycles. The third kappa shape index (κ3) is 5.77. The second-order valence-electron chi connectivity index (χ2n) is 6.04. The lowest BCUT2D eigenvalue weighted by Crippen LogP contribution is -2.38. The molecule has 0 fully saturated rings. The van der Waals surface area contributed by atoms with Crippen LogP contribution in [0.3, 0.4) is 0 Å². The number of hydrogen-bond donors (Lipinski definition) is 1. The molecule has 27 heavy (non-hydrogen) atoms. The van der Waals surface area contributed by atoms with Gasteiger partial charge in [-0.25, -0.2) is 4.68 Å². The maximum absolute atomic E-state index is 12.8. The van der Waals surface area contributed by atoms with Gasteiger partial charge in [-0.3, -0.25) is 9.59 Å². The molecule has 0 bridgehead atoms. The van der Waals surface area contributed by atoms with E-state index in [9.17, 15) is 9.59 Å². The Morgan fingerprint density at radius 1 is 1.37 bits per heavy atom. The number of para-hydroxylation sites is 1. The monoisotopic (exact) mass is 394 g/mol. The zero-order chi connectivity index (χ0) is 19.8. The van der Waals surface area contributed by atoms with Crippen LogP contribution in [0.1, 0.15) is 30.8 Å². The molecule has 1 heterocycles. The van der Waals surface area contributed by atoms with Crippen molar-refractivity contribution >= 4 is 23.5 Å². The van der Waals surface area contributed by atoms with Crippen molar-refractivity contribution in [3.63, 3.8) is 0 Å². The van der Waals surface area contributed by atoms with E-state index >= 15 is 0 Å². The normalized spacial score (nSPS) is 12.0. The van der Waals surface area contributed by atoms with Crippen LogP contribution in [0.25, 0.3) is 5.69 Å². The molecule has 2 aromatic rings. The summed E-state index contributed by atoms with van der Waals surface area (Å²) < 4.78 is 6.72. The summed E-state index contributed by atoms with van der Waals surface area (Å²) in [4.78, 5) is 25.5. The van der Waals surface area contributed by atoms with E-state index in [0.717, 1.165) is 0 Å². The molecule has 1 aromatic carbocycles. The SMILES string of the molecule is CCOCCCN(CC(C)C(=O)O)C(=O)c1cn(-c2ccccc2Cl)nn1. The number of carboxylic acid groups (broad SMARTS) is 1. The van der Waals surface area contributed by atoms with Crippen LogP contribution in [0.2, 0.25) is 5.02 Å². The first-order chi connectivity index (χ1) is 12.9. The van der Waals surface area contributed by atoms with Crippen LogP contribution in [0.5, 0.6) is 0 Å². The first-order valence-electron chi connectivity index (χ1n) is 8.71. The predicted octanol–water partition coefficient (Wildman–Crippen LogP) is 2.51. The number of carbonyl (C=O) groups is 2. The summed E-state index contributed by atoms with van der Waals surface area (Å²) in [6, 6.07) is 7.08. The highest BCUT2D eigenvalue weighted by atomic mass is 35.5. The van der Waals surface area contributed by atoms with Crippen LogP contribution in [-0.2, 0) is 9.53 Å². The Kier molecular flexibility index (Phi) is 7.75. The van der Waals surface area contributed by atoms with Gasteiger partial charge in [-0.2, -0.15) is 0 Å². The third-order valence-electron chi connectivity index (χ3n) is 3.94. The number of ether oxygens (including phenoxy) is 1. The third-order valence-corrected chi connectivity index (χ3v) is 4.26. The minimum Gasteiger partial charge on any atom is -0.481 e. The van der Waals surface area contributed by atoms with Crippen molar-refractivity contribution in [3.05, 3.63) is 41.2 Å². The fourth-order valence-corrected chi connectivity index (χ4v) is 2.69. The molecule has 1 atom stereocenters. The number of amides is 1. The molecule has 8 nitrogen and oxygen atoms in total. The lowest BCUT2D eigenvalue weighted by atomic mass is 10.1. The van der Waals surface area contributed by atoms with Crippen molar-refractivity contribution in [2.75, 3.05) is 26.3 Å². The van der Waals surface area contributed by atoms with E-state index in [1.165, 1.54) is 15.8 Å². The molecule has 146 valence electrons. The molecule has 0 aliphatic heterocycles. The summed E-state index contributed by atoms with van der Waals surface area (Å²) in [5.74, 6) is -2.03. The smallest absolute Gasteiger partial charge is 0.308 e. The number of aliphatic carboxylic acids is 1. The van der Waals surface area contributed by atoms with Crippen molar-refractivity contribution in [3.8, 4) is 5.69 Å². The summed E-state index contributed by atoms with van der Waals surface area (Å²) in [7, 11) is 0. The summed E-state index contributed by atoms with van der Waals surface area (Å²) >= 11 is 6.15. The number of aromatic nitrogens is 3. The first-order valence-corrected chi connectivity index (χ1v) is 9.09. The number of benzene rings is 1. The molecule has 0 aliphatic carbocycles. The highest BCUT2D eigenvalue weighted by molar-refractivity contribution is 6.32.